The van der Waals surface area contributed by atoms with E-state index in [1.165, 1.54) is 6.92 Å². The second-order valence-corrected chi connectivity index (χ2v) is 4.54. The Morgan fingerprint density at radius 1 is 1.35 bits per heavy atom. The van der Waals surface area contributed by atoms with Crippen molar-refractivity contribution in [2.24, 2.45) is 5.92 Å². The summed E-state index contributed by atoms with van der Waals surface area (Å²) in [6.45, 7) is 1.51. The maximum atomic E-state index is 12.5. The van der Waals surface area contributed by atoms with E-state index in [9.17, 15) is 22.8 Å². The molecule has 0 aromatic carbocycles. The molecule has 0 spiro atoms. The van der Waals surface area contributed by atoms with Gasteiger partial charge in [0.15, 0.2) is 0 Å². The third-order valence-corrected chi connectivity index (χ3v) is 2.73. The van der Waals surface area contributed by atoms with E-state index in [0.29, 0.717) is 0 Å². The lowest BCUT2D eigenvalue weighted by atomic mass is 10.0. The molecule has 4 nitrogen and oxygen atoms in total. The number of alkyl halides is 3. The van der Waals surface area contributed by atoms with Gasteiger partial charge >= 0.3 is 12.1 Å². The molecule has 17 heavy (non-hydrogen) atoms. The number of hydrogen-bond donors (Lipinski definition) is 2. The molecular weight excluding hydrogens is 239 g/mol. The van der Waals surface area contributed by atoms with Crippen molar-refractivity contribution in [2.45, 2.75) is 44.3 Å². The van der Waals surface area contributed by atoms with Gasteiger partial charge in [0, 0.05) is 12.8 Å². The zero-order valence-corrected chi connectivity index (χ0v) is 9.30. The van der Waals surface area contributed by atoms with Crippen LogP contribution in [0.5, 0.6) is 0 Å². The Labute approximate surface area is 96.2 Å². The lowest BCUT2D eigenvalue weighted by Gasteiger charge is -2.21. The first-order valence-electron chi connectivity index (χ1n) is 5.26. The lowest BCUT2D eigenvalue weighted by Crippen LogP contribution is -2.48. The molecule has 7 heteroatoms. The standard InChI is InChI=1S/C10H14F3NO3/c1-6(5-8(16)17)4-7(15)14-9(2-3-9)10(11,12)13/h6H,2-5H2,1H3,(H,14,15)(H,16,17). The molecule has 1 atom stereocenters. The topological polar surface area (TPSA) is 66.4 Å². The van der Waals surface area contributed by atoms with Crippen LogP contribution in [0.4, 0.5) is 13.2 Å². The van der Waals surface area contributed by atoms with Gasteiger partial charge in [-0.2, -0.15) is 13.2 Å². The molecule has 1 aliphatic carbocycles. The van der Waals surface area contributed by atoms with Crippen molar-refractivity contribution in [3.8, 4) is 0 Å². The van der Waals surface area contributed by atoms with Gasteiger partial charge in [-0.15, -0.1) is 0 Å². The number of rotatable bonds is 5. The van der Waals surface area contributed by atoms with Crippen molar-refractivity contribution in [3.63, 3.8) is 0 Å². The Morgan fingerprint density at radius 3 is 2.24 bits per heavy atom. The molecule has 1 aliphatic rings. The fourth-order valence-electron chi connectivity index (χ4n) is 1.61. The minimum absolute atomic E-state index is 0.102. The zero-order chi connectivity index (χ0) is 13.3. The van der Waals surface area contributed by atoms with Crippen LogP contribution in [0.3, 0.4) is 0 Å². The normalized spacial score (nSPS) is 19.5. The Kier molecular flexibility index (Phi) is 3.68. The van der Waals surface area contributed by atoms with Crippen LogP contribution in [0, 0.1) is 5.92 Å². The Balaban J connectivity index is 2.43. The fraction of sp³-hybridized carbons (Fsp3) is 0.800. The van der Waals surface area contributed by atoms with Crippen LogP contribution in [-0.4, -0.2) is 28.7 Å². The van der Waals surface area contributed by atoms with E-state index in [1.807, 2.05) is 5.32 Å². The maximum absolute atomic E-state index is 12.5. The minimum atomic E-state index is -4.43. The Bertz CT molecular complexity index is 323. The molecule has 2 N–H and O–H groups in total. The summed E-state index contributed by atoms with van der Waals surface area (Å²) in [5, 5.41) is 10.4. The highest BCUT2D eigenvalue weighted by atomic mass is 19.4. The summed E-state index contributed by atoms with van der Waals surface area (Å²) in [5.74, 6) is -2.28. The van der Waals surface area contributed by atoms with Crippen molar-refractivity contribution < 1.29 is 27.9 Å². The van der Waals surface area contributed by atoms with Gasteiger partial charge in [-0.3, -0.25) is 9.59 Å². The van der Waals surface area contributed by atoms with Crippen molar-refractivity contribution in [3.05, 3.63) is 0 Å². The summed E-state index contributed by atoms with van der Waals surface area (Å²) in [6, 6.07) is 0. The molecule has 1 saturated carbocycles. The van der Waals surface area contributed by atoms with Crippen LogP contribution in [0.15, 0.2) is 0 Å². The number of carbonyl (C=O) groups is 2. The number of carboxylic acid groups (broad SMARTS) is 1. The second-order valence-electron chi connectivity index (χ2n) is 4.54. The second kappa shape index (κ2) is 4.54. The molecule has 0 aliphatic heterocycles. The average Bonchev–Trinajstić information content (AvgIpc) is 2.80. The quantitative estimate of drug-likeness (QED) is 0.783. The highest BCUT2D eigenvalue weighted by Gasteiger charge is 2.64. The van der Waals surface area contributed by atoms with E-state index in [0.717, 1.165) is 0 Å². The minimum Gasteiger partial charge on any atom is -0.481 e. The number of halogens is 3. The van der Waals surface area contributed by atoms with Crippen LogP contribution in [-0.2, 0) is 9.59 Å². The third kappa shape index (κ3) is 3.61. The molecule has 0 saturated heterocycles. The number of carboxylic acids is 1. The van der Waals surface area contributed by atoms with Gasteiger partial charge in [0.1, 0.15) is 5.54 Å². The Hall–Kier alpha value is -1.27. The summed E-state index contributed by atoms with van der Waals surface area (Å²) < 4.78 is 37.5. The molecular formula is C10H14F3NO3. The van der Waals surface area contributed by atoms with Gasteiger partial charge in [0.25, 0.3) is 0 Å². The molecule has 1 amide bonds. The third-order valence-electron chi connectivity index (χ3n) is 2.73. The number of aliphatic carboxylic acids is 1. The van der Waals surface area contributed by atoms with Gasteiger partial charge in [-0.05, 0) is 18.8 Å². The summed E-state index contributed by atoms with van der Waals surface area (Å²) >= 11 is 0. The number of carbonyl (C=O) groups excluding carboxylic acids is 1. The fourth-order valence-corrected chi connectivity index (χ4v) is 1.61. The van der Waals surface area contributed by atoms with Crippen molar-refractivity contribution in [2.75, 3.05) is 0 Å². The van der Waals surface area contributed by atoms with Gasteiger partial charge in [-0.25, -0.2) is 0 Å². The predicted molar refractivity (Wildman–Crippen MR) is 52.2 cm³/mol. The van der Waals surface area contributed by atoms with Gasteiger partial charge < -0.3 is 10.4 Å². The van der Waals surface area contributed by atoms with Crippen molar-refractivity contribution >= 4 is 11.9 Å². The van der Waals surface area contributed by atoms with Crippen LogP contribution >= 0.6 is 0 Å². The van der Waals surface area contributed by atoms with Gasteiger partial charge in [0.05, 0.1) is 0 Å². The van der Waals surface area contributed by atoms with E-state index in [1.54, 1.807) is 0 Å². The summed E-state index contributed by atoms with van der Waals surface area (Å²) in [4.78, 5) is 21.7. The van der Waals surface area contributed by atoms with Crippen molar-refractivity contribution in [1.29, 1.82) is 0 Å². The van der Waals surface area contributed by atoms with Crippen LogP contribution in [0.1, 0.15) is 32.6 Å². The van der Waals surface area contributed by atoms with Gasteiger partial charge in [-0.1, -0.05) is 6.92 Å². The highest BCUT2D eigenvalue weighted by molar-refractivity contribution is 5.78. The van der Waals surface area contributed by atoms with Crippen molar-refractivity contribution in [1.82, 2.24) is 5.32 Å². The molecule has 0 radical (unpaired) electrons. The monoisotopic (exact) mass is 253 g/mol. The van der Waals surface area contributed by atoms with E-state index < -0.39 is 29.5 Å². The summed E-state index contributed by atoms with van der Waals surface area (Å²) in [6.07, 6.45) is -5.07. The largest absolute Gasteiger partial charge is 0.481 e. The Morgan fingerprint density at radius 2 is 1.88 bits per heavy atom. The first-order valence-corrected chi connectivity index (χ1v) is 5.26. The molecule has 0 bridgehead atoms. The molecule has 0 heterocycles. The zero-order valence-electron chi connectivity index (χ0n) is 9.30. The highest BCUT2D eigenvalue weighted by Crippen LogP contribution is 2.48. The van der Waals surface area contributed by atoms with Crippen LogP contribution in [0.2, 0.25) is 0 Å². The predicted octanol–water partition coefficient (Wildman–Crippen LogP) is 1.70. The van der Waals surface area contributed by atoms with E-state index in [4.69, 9.17) is 5.11 Å². The van der Waals surface area contributed by atoms with Crippen LogP contribution < -0.4 is 5.32 Å². The van der Waals surface area contributed by atoms with Crippen LogP contribution in [0.25, 0.3) is 0 Å². The number of hydrogen-bond acceptors (Lipinski definition) is 2. The summed E-state index contributed by atoms with van der Waals surface area (Å²) in [7, 11) is 0. The molecule has 0 aromatic rings. The molecule has 1 fully saturated rings. The summed E-state index contributed by atoms with van der Waals surface area (Å²) in [5.41, 5.74) is -2.06. The lowest BCUT2D eigenvalue weighted by molar-refractivity contribution is -0.170. The van der Waals surface area contributed by atoms with E-state index in [2.05, 4.69) is 0 Å². The molecule has 98 valence electrons. The molecule has 0 aromatic heterocycles. The SMILES string of the molecule is CC(CC(=O)O)CC(=O)NC1(C(F)(F)F)CC1. The van der Waals surface area contributed by atoms with E-state index >= 15 is 0 Å². The first-order chi connectivity index (χ1) is 7.66. The number of amides is 1. The smallest absolute Gasteiger partial charge is 0.411 e. The molecule has 1 unspecified atom stereocenters. The first kappa shape index (κ1) is 13.8. The average molecular weight is 253 g/mol. The van der Waals surface area contributed by atoms with Gasteiger partial charge in [0.2, 0.25) is 5.91 Å². The maximum Gasteiger partial charge on any atom is 0.411 e. The number of nitrogens with one attached hydrogen (secondary N) is 1. The van der Waals surface area contributed by atoms with E-state index in [-0.39, 0.29) is 25.7 Å². The molecule has 1 rings (SSSR count).